The molecule has 0 unspecified atom stereocenters. The SMILES string of the molecule is CC1(C)c2cc(-c3c4ccccc4c(-c4ccc5cc(-c6ccc(-c7cc8sc9ccccc9c8c8c9c(ccc78)C(C)(C)c7cc(-c8c%10ccccc%10c(-c%10ccc%11cc(-c%12ccccc%12)ccc%11c%10)c%10ccccc8%10)ccc7-9)cc6)ccc5c4)c4ccccc34)ccc2-c2c1ccc1ccc3c4ccccc4sc3c21. The second-order valence-corrected chi connectivity index (χ2v) is 34.5. The Morgan fingerprint density at radius 1 is 0.179 bits per heavy atom. The molecule has 0 nitrogen and oxygen atoms in total. The summed E-state index contributed by atoms with van der Waals surface area (Å²) >= 11 is 3.85. The van der Waals surface area contributed by atoms with Gasteiger partial charge in [0.1, 0.15) is 0 Å². The Morgan fingerprint density at radius 3 is 1.03 bits per heavy atom. The fourth-order valence-corrected chi connectivity index (χ4v) is 22.9. The van der Waals surface area contributed by atoms with E-state index >= 15 is 0 Å². The molecule has 0 N–H and O–H groups in total. The zero-order valence-electron chi connectivity index (χ0n) is 62.3. The van der Waals surface area contributed by atoms with Crippen molar-refractivity contribution >= 4 is 149 Å². The Hall–Kier alpha value is -13.1. The van der Waals surface area contributed by atoms with Crippen molar-refractivity contribution in [2.75, 3.05) is 0 Å². The Bertz CT molecular complexity index is 7800. The third kappa shape index (κ3) is 9.17. The van der Waals surface area contributed by atoms with Crippen LogP contribution in [0.5, 0.6) is 0 Å². The van der Waals surface area contributed by atoms with E-state index < -0.39 is 0 Å². The highest BCUT2D eigenvalue weighted by Gasteiger charge is 2.40. The van der Waals surface area contributed by atoms with Crippen molar-refractivity contribution in [2.24, 2.45) is 0 Å². The van der Waals surface area contributed by atoms with Gasteiger partial charge in [0.05, 0.1) is 0 Å². The summed E-state index contributed by atoms with van der Waals surface area (Å²) in [5.74, 6) is 0. The van der Waals surface area contributed by atoms with Crippen LogP contribution in [0.3, 0.4) is 0 Å². The summed E-state index contributed by atoms with van der Waals surface area (Å²) in [6.07, 6.45) is 0. The lowest BCUT2D eigenvalue weighted by atomic mass is 9.80. The maximum atomic E-state index is 2.55. The van der Waals surface area contributed by atoms with Gasteiger partial charge in [0.25, 0.3) is 0 Å². The summed E-state index contributed by atoms with van der Waals surface area (Å²) in [6.45, 7) is 9.76. The average Bonchev–Trinajstić information content (AvgIpc) is 1.53. The molecule has 0 bridgehead atoms. The molecule has 2 aliphatic carbocycles. The maximum absolute atomic E-state index is 2.55. The van der Waals surface area contributed by atoms with E-state index in [1.807, 2.05) is 22.7 Å². The fraction of sp³-hybridized carbons (Fsp3) is 0.0545. The molecular formula is C110H70S2. The Balaban J connectivity index is 0.580. The molecule has 2 heteroatoms. The lowest BCUT2D eigenvalue weighted by Crippen LogP contribution is -2.15. The minimum absolute atomic E-state index is 0.193. The smallest absolute Gasteiger partial charge is 0.0440 e. The third-order valence-corrected chi connectivity index (χ3v) is 28.1. The van der Waals surface area contributed by atoms with E-state index in [9.17, 15) is 0 Å². The molecular weight excluding hydrogens is 1390 g/mol. The number of rotatable bonds is 7. The number of benzene rings is 20. The standard InChI is InChI=1S/C110H70S2/c1-109(2)92-54-49-66-46-50-87-77-22-16-18-32-96(77)112-108(87)103(66)104(92)88-51-47-75(60-94(88)109)101-82-27-12-8-23-78(82)100(79-24-9-13-28-83(79)101)74-45-43-70-57-68(39-41-72(70)59-74)64-34-36-65(37-35-64)91-62-98-106(90-31-17-19-33-97(90)111-98)107-86(91)53-55-93-105(107)89-52-48-76(61-95(89)110(93,3)4)102-84-29-14-10-25-80(84)99(81-26-11-15-30-85(81)102)73-44-42-69-56-67(38-40-71(69)58-73)63-20-6-5-7-21-63/h5-62H,1-4H3. The summed E-state index contributed by atoms with van der Waals surface area (Å²) < 4.78 is 5.35. The first-order valence-electron chi connectivity index (χ1n) is 39.3. The van der Waals surface area contributed by atoms with Crippen molar-refractivity contribution in [3.8, 4) is 100 Å². The van der Waals surface area contributed by atoms with Crippen LogP contribution in [0.4, 0.5) is 0 Å². The third-order valence-electron chi connectivity index (χ3n) is 25.8. The normalized spacial score (nSPS) is 13.5. The molecule has 2 aliphatic rings. The maximum Gasteiger partial charge on any atom is 0.0440 e. The zero-order chi connectivity index (χ0) is 74.0. The zero-order valence-corrected chi connectivity index (χ0v) is 63.9. The Kier molecular flexibility index (Phi) is 13.5. The van der Waals surface area contributed by atoms with Gasteiger partial charge in [-0.15, -0.1) is 22.7 Å². The van der Waals surface area contributed by atoms with E-state index in [-0.39, 0.29) is 10.8 Å². The average molecular weight is 1460 g/mol. The molecule has 0 saturated heterocycles. The van der Waals surface area contributed by atoms with E-state index in [1.165, 1.54) is 249 Å². The van der Waals surface area contributed by atoms with Crippen LogP contribution in [-0.4, -0.2) is 0 Å². The highest BCUT2D eigenvalue weighted by atomic mass is 32.1. The van der Waals surface area contributed by atoms with E-state index in [2.05, 4.69) is 380 Å². The number of hydrogen-bond donors (Lipinski definition) is 0. The summed E-state index contributed by atoms with van der Waals surface area (Å²) in [7, 11) is 0. The van der Waals surface area contributed by atoms with Crippen molar-refractivity contribution in [1.82, 2.24) is 0 Å². The second-order valence-electron chi connectivity index (χ2n) is 32.4. The summed E-state index contributed by atoms with van der Waals surface area (Å²) in [5.41, 5.74) is 27.9. The van der Waals surface area contributed by atoms with Gasteiger partial charge in [0.2, 0.25) is 0 Å². The van der Waals surface area contributed by atoms with Gasteiger partial charge in [0, 0.05) is 56.6 Å². The molecule has 0 fully saturated rings. The van der Waals surface area contributed by atoms with Gasteiger partial charge in [-0.1, -0.05) is 325 Å². The Labute approximate surface area is 657 Å². The predicted octanol–water partition coefficient (Wildman–Crippen LogP) is 31.9. The van der Waals surface area contributed by atoms with Gasteiger partial charge in [0.15, 0.2) is 0 Å². The van der Waals surface area contributed by atoms with Crippen LogP contribution in [0, 0.1) is 0 Å². The van der Waals surface area contributed by atoms with Gasteiger partial charge in [-0.3, -0.25) is 0 Å². The van der Waals surface area contributed by atoms with Gasteiger partial charge in [-0.05, 0) is 258 Å². The van der Waals surface area contributed by atoms with Crippen LogP contribution < -0.4 is 0 Å². The molecule has 22 aromatic rings. The molecule has 0 amide bonds. The molecule has 24 rings (SSSR count). The van der Waals surface area contributed by atoms with Gasteiger partial charge >= 0.3 is 0 Å². The highest BCUT2D eigenvalue weighted by Crippen LogP contribution is 2.59. The van der Waals surface area contributed by atoms with Crippen LogP contribution in [-0.2, 0) is 10.8 Å². The van der Waals surface area contributed by atoms with Crippen molar-refractivity contribution in [3.05, 3.63) is 374 Å². The lowest BCUT2D eigenvalue weighted by Gasteiger charge is -2.23. The first-order chi connectivity index (χ1) is 55.0. The molecule has 0 aliphatic heterocycles. The fourth-order valence-electron chi connectivity index (χ4n) is 20.4. The molecule has 112 heavy (non-hydrogen) atoms. The minimum Gasteiger partial charge on any atom is -0.135 e. The van der Waals surface area contributed by atoms with Crippen LogP contribution in [0.1, 0.15) is 49.9 Å². The summed E-state index contributed by atoms with van der Waals surface area (Å²) in [5, 5.41) is 25.7. The largest absolute Gasteiger partial charge is 0.135 e. The molecule has 0 saturated carbocycles. The van der Waals surface area contributed by atoms with E-state index in [1.54, 1.807) is 0 Å². The number of fused-ring (bicyclic) bond motifs is 24. The van der Waals surface area contributed by atoms with E-state index in [0.717, 1.165) is 0 Å². The first-order valence-corrected chi connectivity index (χ1v) is 40.9. The number of hydrogen-bond acceptors (Lipinski definition) is 2. The van der Waals surface area contributed by atoms with Crippen molar-refractivity contribution in [1.29, 1.82) is 0 Å². The molecule has 2 aromatic heterocycles. The van der Waals surface area contributed by atoms with E-state index in [0.29, 0.717) is 0 Å². The van der Waals surface area contributed by atoms with Crippen LogP contribution >= 0.6 is 22.7 Å². The summed E-state index contributed by atoms with van der Waals surface area (Å²) in [6, 6.07) is 134. The topological polar surface area (TPSA) is 0 Å². The molecule has 0 spiro atoms. The molecule has 0 atom stereocenters. The van der Waals surface area contributed by atoms with Crippen molar-refractivity contribution in [2.45, 2.75) is 38.5 Å². The highest BCUT2D eigenvalue weighted by molar-refractivity contribution is 7.27. The first kappa shape index (κ1) is 63.8. The van der Waals surface area contributed by atoms with Gasteiger partial charge < -0.3 is 0 Å². The molecule has 522 valence electrons. The molecule has 0 radical (unpaired) electrons. The molecule has 2 heterocycles. The molecule has 20 aromatic carbocycles. The predicted molar refractivity (Wildman–Crippen MR) is 485 cm³/mol. The van der Waals surface area contributed by atoms with Crippen molar-refractivity contribution < 1.29 is 0 Å². The minimum atomic E-state index is -0.278. The van der Waals surface area contributed by atoms with Crippen molar-refractivity contribution in [3.63, 3.8) is 0 Å². The monoisotopic (exact) mass is 1450 g/mol. The quantitative estimate of drug-likeness (QED) is 0.140. The van der Waals surface area contributed by atoms with Crippen LogP contribution in [0.15, 0.2) is 352 Å². The van der Waals surface area contributed by atoms with Gasteiger partial charge in [-0.2, -0.15) is 0 Å². The van der Waals surface area contributed by atoms with Gasteiger partial charge in [-0.25, -0.2) is 0 Å². The second kappa shape index (κ2) is 23.7. The van der Waals surface area contributed by atoms with Crippen LogP contribution in [0.2, 0.25) is 0 Å². The number of thiophene rings is 2. The Morgan fingerprint density at radius 2 is 0.527 bits per heavy atom. The van der Waals surface area contributed by atoms with E-state index in [4.69, 9.17) is 0 Å². The lowest BCUT2D eigenvalue weighted by molar-refractivity contribution is 0.661. The summed E-state index contributed by atoms with van der Waals surface area (Å²) in [4.78, 5) is 0. The van der Waals surface area contributed by atoms with Crippen LogP contribution in [0.25, 0.3) is 227 Å².